The minimum absolute atomic E-state index is 0.767. The maximum Gasteiger partial charge on any atom is 0.0554 e. The van der Waals surface area contributed by atoms with Crippen molar-refractivity contribution in [3.8, 4) is 0 Å². The summed E-state index contributed by atoms with van der Waals surface area (Å²) in [6, 6.07) is 0. The molecule has 1 nitrogen and oxygen atoms in total. The Kier molecular flexibility index (Phi) is 7.59. The SMILES string of the molecule is [CH2]CCCOCCS. The third-order valence-corrected chi connectivity index (χ3v) is 0.957. The Bertz CT molecular complexity index is 33.5. The number of thiol groups is 1. The predicted molar refractivity (Wildman–Crippen MR) is 39.3 cm³/mol. The molecule has 0 aliphatic carbocycles. The van der Waals surface area contributed by atoms with Crippen LogP contribution in [0.2, 0.25) is 0 Å². The van der Waals surface area contributed by atoms with E-state index in [2.05, 4.69) is 19.6 Å². The summed E-state index contributed by atoms with van der Waals surface area (Å²) < 4.78 is 5.11. The Morgan fingerprint density at radius 1 is 1.38 bits per heavy atom. The first-order valence-electron chi connectivity index (χ1n) is 2.89. The van der Waals surface area contributed by atoms with Gasteiger partial charge in [-0.2, -0.15) is 12.6 Å². The third-order valence-electron chi connectivity index (χ3n) is 0.774. The van der Waals surface area contributed by atoms with Crippen molar-refractivity contribution in [2.75, 3.05) is 19.0 Å². The number of rotatable bonds is 5. The van der Waals surface area contributed by atoms with E-state index in [9.17, 15) is 0 Å². The zero-order valence-corrected chi connectivity index (χ0v) is 5.99. The molecular formula is C6H13OS. The molecule has 8 heavy (non-hydrogen) atoms. The molecule has 0 N–H and O–H groups in total. The van der Waals surface area contributed by atoms with Gasteiger partial charge in [0.15, 0.2) is 0 Å². The maximum atomic E-state index is 5.11. The fourth-order valence-corrected chi connectivity index (χ4v) is 0.500. The van der Waals surface area contributed by atoms with E-state index in [1.807, 2.05) is 0 Å². The summed E-state index contributed by atoms with van der Waals surface area (Å²) in [5.41, 5.74) is 0. The summed E-state index contributed by atoms with van der Waals surface area (Å²) in [6.07, 6.45) is 2.03. The van der Waals surface area contributed by atoms with Crippen molar-refractivity contribution >= 4 is 12.6 Å². The smallest absolute Gasteiger partial charge is 0.0554 e. The maximum absolute atomic E-state index is 5.11. The van der Waals surface area contributed by atoms with Crippen molar-refractivity contribution in [1.82, 2.24) is 0 Å². The first-order valence-corrected chi connectivity index (χ1v) is 3.53. The lowest BCUT2D eigenvalue weighted by Gasteiger charge is -1.97. The van der Waals surface area contributed by atoms with Crippen molar-refractivity contribution in [3.63, 3.8) is 0 Å². The van der Waals surface area contributed by atoms with Crippen molar-refractivity contribution < 1.29 is 4.74 Å². The van der Waals surface area contributed by atoms with Crippen LogP contribution in [0, 0.1) is 6.92 Å². The molecule has 0 bridgehead atoms. The zero-order chi connectivity index (χ0) is 6.24. The molecule has 0 spiro atoms. The fraction of sp³-hybridized carbons (Fsp3) is 0.833. The Balaban J connectivity index is 2.53. The van der Waals surface area contributed by atoms with Crippen LogP contribution in [-0.4, -0.2) is 19.0 Å². The van der Waals surface area contributed by atoms with E-state index in [1.165, 1.54) is 0 Å². The second-order valence-electron chi connectivity index (χ2n) is 1.54. The molecule has 0 rings (SSSR count). The van der Waals surface area contributed by atoms with E-state index in [-0.39, 0.29) is 0 Å². The van der Waals surface area contributed by atoms with E-state index < -0.39 is 0 Å². The van der Waals surface area contributed by atoms with Crippen molar-refractivity contribution in [2.45, 2.75) is 12.8 Å². The Labute approximate surface area is 56.8 Å². The molecule has 0 unspecified atom stereocenters. The van der Waals surface area contributed by atoms with Gasteiger partial charge in [0.1, 0.15) is 0 Å². The van der Waals surface area contributed by atoms with Crippen LogP contribution in [0.25, 0.3) is 0 Å². The van der Waals surface area contributed by atoms with Gasteiger partial charge in [0.25, 0.3) is 0 Å². The second-order valence-corrected chi connectivity index (χ2v) is 1.99. The topological polar surface area (TPSA) is 9.23 Å². The molecule has 0 saturated carbocycles. The summed E-state index contributed by atoms with van der Waals surface area (Å²) >= 11 is 3.98. The molecule has 0 saturated heterocycles. The Hall–Kier alpha value is 0.310. The van der Waals surface area contributed by atoms with E-state index in [1.54, 1.807) is 0 Å². The van der Waals surface area contributed by atoms with Crippen LogP contribution in [0.1, 0.15) is 12.8 Å². The average molecular weight is 133 g/mol. The van der Waals surface area contributed by atoms with Crippen LogP contribution in [0.4, 0.5) is 0 Å². The molecular weight excluding hydrogens is 120 g/mol. The van der Waals surface area contributed by atoms with Crippen LogP contribution in [-0.2, 0) is 4.74 Å². The Morgan fingerprint density at radius 3 is 2.62 bits per heavy atom. The van der Waals surface area contributed by atoms with Gasteiger partial charge in [0.05, 0.1) is 6.61 Å². The van der Waals surface area contributed by atoms with Gasteiger partial charge in [-0.3, -0.25) is 0 Å². The van der Waals surface area contributed by atoms with E-state index >= 15 is 0 Å². The molecule has 1 radical (unpaired) electrons. The number of hydrogen-bond donors (Lipinski definition) is 1. The summed E-state index contributed by atoms with van der Waals surface area (Å²) in [4.78, 5) is 0. The molecule has 0 aromatic heterocycles. The molecule has 0 heterocycles. The predicted octanol–water partition coefficient (Wildman–Crippen LogP) is 1.55. The largest absolute Gasteiger partial charge is 0.381 e. The summed E-state index contributed by atoms with van der Waals surface area (Å²) in [6.45, 7) is 5.29. The van der Waals surface area contributed by atoms with Gasteiger partial charge in [-0.15, -0.1) is 0 Å². The van der Waals surface area contributed by atoms with Crippen molar-refractivity contribution in [2.24, 2.45) is 0 Å². The van der Waals surface area contributed by atoms with E-state index in [4.69, 9.17) is 4.74 Å². The highest BCUT2D eigenvalue weighted by Crippen LogP contribution is 1.86. The minimum Gasteiger partial charge on any atom is -0.381 e. The normalized spacial score (nSPS) is 9.75. The molecule has 0 aliphatic heterocycles. The van der Waals surface area contributed by atoms with Crippen LogP contribution in [0.5, 0.6) is 0 Å². The van der Waals surface area contributed by atoms with Crippen LogP contribution in [0.3, 0.4) is 0 Å². The quantitative estimate of drug-likeness (QED) is 0.442. The van der Waals surface area contributed by atoms with Gasteiger partial charge in [-0.05, 0) is 6.42 Å². The summed E-state index contributed by atoms with van der Waals surface area (Å²) in [5, 5.41) is 0. The average Bonchev–Trinajstić information content (AvgIpc) is 1.81. The lowest BCUT2D eigenvalue weighted by atomic mass is 10.4. The Morgan fingerprint density at radius 2 is 2.12 bits per heavy atom. The van der Waals surface area contributed by atoms with Gasteiger partial charge in [-0.1, -0.05) is 13.3 Å². The third kappa shape index (κ3) is 6.31. The summed E-state index contributed by atoms with van der Waals surface area (Å²) in [5.74, 6) is 0.817. The lowest BCUT2D eigenvalue weighted by molar-refractivity contribution is 0.148. The molecule has 0 aliphatic rings. The zero-order valence-electron chi connectivity index (χ0n) is 5.10. The molecule has 0 aromatic rings. The van der Waals surface area contributed by atoms with Crippen LogP contribution in [0.15, 0.2) is 0 Å². The molecule has 49 valence electrons. The second kappa shape index (κ2) is 7.31. The number of hydrogen-bond acceptors (Lipinski definition) is 2. The molecule has 0 fully saturated rings. The van der Waals surface area contributed by atoms with Crippen LogP contribution < -0.4 is 0 Å². The minimum atomic E-state index is 0.767. The van der Waals surface area contributed by atoms with Crippen molar-refractivity contribution in [1.29, 1.82) is 0 Å². The van der Waals surface area contributed by atoms with Gasteiger partial charge in [-0.25, -0.2) is 0 Å². The molecule has 0 amide bonds. The van der Waals surface area contributed by atoms with Gasteiger partial charge in [0.2, 0.25) is 0 Å². The van der Waals surface area contributed by atoms with Crippen molar-refractivity contribution in [3.05, 3.63) is 6.92 Å². The number of ether oxygens (including phenoxy) is 1. The highest BCUT2D eigenvalue weighted by atomic mass is 32.1. The lowest BCUT2D eigenvalue weighted by Crippen LogP contribution is -1.96. The summed E-state index contributed by atoms with van der Waals surface area (Å²) in [7, 11) is 0. The first kappa shape index (κ1) is 8.31. The first-order chi connectivity index (χ1) is 3.91. The fourth-order valence-electron chi connectivity index (χ4n) is 0.371. The van der Waals surface area contributed by atoms with Gasteiger partial charge in [0, 0.05) is 12.4 Å². The van der Waals surface area contributed by atoms with E-state index in [0.717, 1.165) is 31.8 Å². The van der Waals surface area contributed by atoms with Gasteiger partial charge < -0.3 is 4.74 Å². The van der Waals surface area contributed by atoms with Gasteiger partial charge >= 0.3 is 0 Å². The van der Waals surface area contributed by atoms with Crippen LogP contribution >= 0.6 is 12.6 Å². The highest BCUT2D eigenvalue weighted by molar-refractivity contribution is 7.80. The number of unbranched alkanes of at least 4 members (excludes halogenated alkanes) is 1. The standard InChI is InChI=1S/C6H13OS/c1-2-3-4-7-5-6-8/h8H,1-6H2. The highest BCUT2D eigenvalue weighted by Gasteiger charge is 1.82. The molecule has 0 aromatic carbocycles. The molecule has 0 atom stereocenters. The molecule has 2 heteroatoms. The monoisotopic (exact) mass is 133 g/mol. The van der Waals surface area contributed by atoms with E-state index in [0.29, 0.717) is 0 Å².